The van der Waals surface area contributed by atoms with Crippen LogP contribution in [0, 0.1) is 0 Å². The number of anilines is 1. The fraction of sp³-hybridized carbons (Fsp3) is 0.571. The quantitative estimate of drug-likeness (QED) is 0.563. The predicted molar refractivity (Wildman–Crippen MR) is 43.7 cm³/mol. The maximum atomic E-state index is 4.28. The minimum Gasteiger partial charge on any atom is -0.365 e. The number of thiazole rings is 1. The van der Waals surface area contributed by atoms with Gasteiger partial charge >= 0.3 is 0 Å². The highest BCUT2D eigenvalue weighted by molar-refractivity contribution is 7.14. The lowest BCUT2D eigenvalue weighted by molar-refractivity contribution is 0.737. The first-order chi connectivity index (χ1) is 4.88. The molecule has 0 bridgehead atoms. The normalized spacial score (nSPS) is 17.1. The molecule has 1 aliphatic heterocycles. The summed E-state index contributed by atoms with van der Waals surface area (Å²) in [6, 6.07) is 0. The van der Waals surface area contributed by atoms with Gasteiger partial charge in [0.25, 0.3) is 0 Å². The third-order valence-electron chi connectivity index (χ3n) is 1.87. The van der Waals surface area contributed by atoms with Crippen LogP contribution in [0.3, 0.4) is 0 Å². The molecule has 2 rings (SSSR count). The lowest BCUT2D eigenvalue weighted by atomic mass is 10.2. The summed E-state index contributed by atoms with van der Waals surface area (Å²) in [5.41, 5.74) is 3.23. The van der Waals surface area contributed by atoms with Gasteiger partial charge in [0.1, 0.15) is 5.00 Å². The van der Waals surface area contributed by atoms with Crippen molar-refractivity contribution in [3.8, 4) is 0 Å². The van der Waals surface area contributed by atoms with Crippen molar-refractivity contribution in [1.82, 2.24) is 4.98 Å². The fourth-order valence-electron chi connectivity index (χ4n) is 1.33. The van der Waals surface area contributed by atoms with Crippen molar-refractivity contribution >= 4 is 16.3 Å². The Morgan fingerprint density at radius 2 is 2.60 bits per heavy atom. The van der Waals surface area contributed by atoms with E-state index in [4.69, 9.17) is 0 Å². The molecule has 2 nitrogen and oxygen atoms in total. The van der Waals surface area contributed by atoms with E-state index in [1.807, 2.05) is 5.51 Å². The Balaban J connectivity index is 2.41. The Hall–Kier alpha value is -0.570. The van der Waals surface area contributed by atoms with E-state index in [9.17, 15) is 0 Å². The number of fused-ring (bicyclic) bond motifs is 1. The van der Waals surface area contributed by atoms with E-state index in [2.05, 4.69) is 16.9 Å². The van der Waals surface area contributed by atoms with Crippen LogP contribution in [0.15, 0.2) is 5.51 Å². The number of nitrogens with zero attached hydrogens (tertiary/aromatic N) is 2. The van der Waals surface area contributed by atoms with Crippen molar-refractivity contribution in [2.45, 2.75) is 12.8 Å². The van der Waals surface area contributed by atoms with Gasteiger partial charge in [-0.25, -0.2) is 4.98 Å². The average Bonchev–Trinajstić information content (AvgIpc) is 2.36. The van der Waals surface area contributed by atoms with Gasteiger partial charge in [-0.3, -0.25) is 0 Å². The summed E-state index contributed by atoms with van der Waals surface area (Å²) < 4.78 is 0. The predicted octanol–water partition coefficient (Wildman–Crippen LogP) is 1.53. The van der Waals surface area contributed by atoms with Gasteiger partial charge in [0.15, 0.2) is 0 Å². The van der Waals surface area contributed by atoms with Gasteiger partial charge in [-0.1, -0.05) is 0 Å². The van der Waals surface area contributed by atoms with Crippen molar-refractivity contribution < 1.29 is 0 Å². The van der Waals surface area contributed by atoms with E-state index < -0.39 is 0 Å². The Morgan fingerprint density at radius 1 is 1.70 bits per heavy atom. The van der Waals surface area contributed by atoms with E-state index in [1.165, 1.54) is 30.1 Å². The molecule has 1 aromatic rings. The highest BCUT2D eigenvalue weighted by Crippen LogP contribution is 2.28. The smallest absolute Gasteiger partial charge is 0.114 e. The molecule has 0 spiro atoms. The van der Waals surface area contributed by atoms with Crippen LogP contribution in [0.4, 0.5) is 5.00 Å². The maximum Gasteiger partial charge on any atom is 0.114 e. The van der Waals surface area contributed by atoms with Gasteiger partial charge in [0.2, 0.25) is 0 Å². The van der Waals surface area contributed by atoms with E-state index in [0.29, 0.717) is 0 Å². The summed E-state index contributed by atoms with van der Waals surface area (Å²) in [7, 11) is 2.14. The highest BCUT2D eigenvalue weighted by Gasteiger charge is 2.14. The summed E-state index contributed by atoms with van der Waals surface area (Å²) in [5.74, 6) is 0. The van der Waals surface area contributed by atoms with Crippen molar-refractivity contribution in [2.24, 2.45) is 0 Å². The maximum absolute atomic E-state index is 4.28. The van der Waals surface area contributed by atoms with Crippen molar-refractivity contribution in [2.75, 3.05) is 18.5 Å². The Labute approximate surface area is 64.5 Å². The summed E-state index contributed by atoms with van der Waals surface area (Å²) >= 11 is 1.75. The van der Waals surface area contributed by atoms with E-state index >= 15 is 0 Å². The molecule has 2 heterocycles. The first-order valence-electron chi connectivity index (χ1n) is 3.51. The number of aromatic nitrogens is 1. The molecule has 0 amide bonds. The lowest BCUT2D eigenvalue weighted by Gasteiger charge is -2.22. The molecule has 54 valence electrons. The van der Waals surface area contributed by atoms with Crippen LogP contribution in [0.25, 0.3) is 0 Å². The molecular formula is C7H10N2S. The Kier molecular flexibility index (Phi) is 1.38. The molecule has 0 aromatic carbocycles. The molecule has 10 heavy (non-hydrogen) atoms. The summed E-state index contributed by atoms with van der Waals surface area (Å²) in [6.07, 6.45) is 2.43. The number of hydrogen-bond donors (Lipinski definition) is 0. The molecule has 1 aromatic heterocycles. The van der Waals surface area contributed by atoms with E-state index in [-0.39, 0.29) is 0 Å². The molecule has 0 atom stereocenters. The largest absolute Gasteiger partial charge is 0.365 e. The SMILES string of the molecule is CN1CCCc2ncsc21. The van der Waals surface area contributed by atoms with Crippen LogP contribution < -0.4 is 4.90 Å². The van der Waals surface area contributed by atoms with Gasteiger partial charge in [0.05, 0.1) is 11.2 Å². The molecule has 0 fully saturated rings. The lowest BCUT2D eigenvalue weighted by Crippen LogP contribution is -2.23. The first-order valence-corrected chi connectivity index (χ1v) is 4.39. The summed E-state index contributed by atoms with van der Waals surface area (Å²) in [4.78, 5) is 6.57. The molecule has 1 aliphatic rings. The number of aryl methyl sites for hydroxylation is 1. The van der Waals surface area contributed by atoms with Gasteiger partial charge < -0.3 is 4.90 Å². The molecule has 0 aliphatic carbocycles. The molecule has 3 heteroatoms. The van der Waals surface area contributed by atoms with Gasteiger partial charge in [-0.2, -0.15) is 0 Å². The zero-order valence-electron chi connectivity index (χ0n) is 6.00. The molecule has 0 unspecified atom stereocenters. The van der Waals surface area contributed by atoms with Crippen LogP contribution in [-0.2, 0) is 6.42 Å². The molecule has 0 radical (unpaired) electrons. The van der Waals surface area contributed by atoms with Gasteiger partial charge in [-0.15, -0.1) is 11.3 Å². The zero-order valence-corrected chi connectivity index (χ0v) is 6.82. The second-order valence-electron chi connectivity index (χ2n) is 2.63. The van der Waals surface area contributed by atoms with Crippen molar-refractivity contribution in [3.05, 3.63) is 11.2 Å². The van der Waals surface area contributed by atoms with Crippen molar-refractivity contribution in [3.63, 3.8) is 0 Å². The van der Waals surface area contributed by atoms with E-state index in [0.717, 1.165) is 0 Å². The fourth-order valence-corrected chi connectivity index (χ4v) is 2.17. The number of rotatable bonds is 0. The second kappa shape index (κ2) is 2.23. The monoisotopic (exact) mass is 154 g/mol. The minimum absolute atomic E-state index is 1.17. The van der Waals surface area contributed by atoms with Crippen LogP contribution in [0.5, 0.6) is 0 Å². The molecule has 0 saturated heterocycles. The van der Waals surface area contributed by atoms with E-state index in [1.54, 1.807) is 11.3 Å². The molecule has 0 saturated carbocycles. The molecular weight excluding hydrogens is 144 g/mol. The van der Waals surface area contributed by atoms with Crippen LogP contribution in [0.1, 0.15) is 12.1 Å². The summed E-state index contributed by atoms with van der Waals surface area (Å²) in [5, 5.41) is 1.37. The summed E-state index contributed by atoms with van der Waals surface area (Å²) in [6.45, 7) is 1.19. The highest BCUT2D eigenvalue weighted by atomic mass is 32.1. The number of hydrogen-bond acceptors (Lipinski definition) is 3. The van der Waals surface area contributed by atoms with Crippen molar-refractivity contribution in [1.29, 1.82) is 0 Å². The Bertz CT molecular complexity index is 231. The topological polar surface area (TPSA) is 16.1 Å². The molecule has 0 N–H and O–H groups in total. The van der Waals surface area contributed by atoms with Crippen LogP contribution in [0.2, 0.25) is 0 Å². The standard InChI is InChI=1S/C7H10N2S/c1-9-4-2-3-6-7(9)10-5-8-6/h5H,2-4H2,1H3. The van der Waals surface area contributed by atoms with Gasteiger partial charge in [0, 0.05) is 13.6 Å². The van der Waals surface area contributed by atoms with Crippen LogP contribution in [-0.4, -0.2) is 18.6 Å². The third-order valence-corrected chi connectivity index (χ3v) is 2.85. The van der Waals surface area contributed by atoms with Crippen LogP contribution >= 0.6 is 11.3 Å². The zero-order chi connectivity index (χ0) is 6.97. The second-order valence-corrected chi connectivity index (χ2v) is 3.46. The first kappa shape index (κ1) is 6.16. The Morgan fingerprint density at radius 3 is 3.40 bits per heavy atom. The third kappa shape index (κ3) is 0.814. The van der Waals surface area contributed by atoms with Gasteiger partial charge in [-0.05, 0) is 12.8 Å². The average molecular weight is 154 g/mol. The minimum atomic E-state index is 1.17.